The van der Waals surface area contributed by atoms with E-state index in [-0.39, 0.29) is 5.91 Å². The largest absolute Gasteiger partial charge is 0.481 e. The van der Waals surface area contributed by atoms with Crippen LogP contribution in [0.3, 0.4) is 0 Å². The molecule has 0 aliphatic heterocycles. The lowest BCUT2D eigenvalue weighted by Crippen LogP contribution is -2.39. The number of carbonyl (C=O) groups is 1. The number of anilines is 1. The van der Waals surface area contributed by atoms with Crippen molar-refractivity contribution in [1.82, 2.24) is 4.90 Å². The first-order chi connectivity index (χ1) is 14.3. The van der Waals surface area contributed by atoms with Crippen molar-refractivity contribution in [3.63, 3.8) is 0 Å². The number of hydrogen-bond acceptors (Lipinski definition) is 4. The molecule has 158 valence electrons. The van der Waals surface area contributed by atoms with Crippen molar-refractivity contribution in [2.45, 2.75) is 33.0 Å². The van der Waals surface area contributed by atoms with Crippen LogP contribution in [0.4, 0.5) is 5.69 Å². The van der Waals surface area contributed by atoms with Crippen LogP contribution in [0.2, 0.25) is 5.02 Å². The molecule has 0 aliphatic rings. The lowest BCUT2D eigenvalue weighted by atomic mass is 10.1. The van der Waals surface area contributed by atoms with Gasteiger partial charge in [0.2, 0.25) is 0 Å². The van der Waals surface area contributed by atoms with Crippen LogP contribution in [-0.4, -0.2) is 31.0 Å². The molecule has 1 heterocycles. The van der Waals surface area contributed by atoms with Gasteiger partial charge in [0.05, 0.1) is 12.8 Å². The van der Waals surface area contributed by atoms with Crippen molar-refractivity contribution in [3.8, 4) is 5.75 Å². The fourth-order valence-electron chi connectivity index (χ4n) is 3.12. The van der Waals surface area contributed by atoms with Crippen LogP contribution in [0.15, 0.2) is 65.3 Å². The lowest BCUT2D eigenvalue weighted by Gasteiger charge is -2.26. The molecule has 0 spiro atoms. The Bertz CT molecular complexity index is 969. The summed E-state index contributed by atoms with van der Waals surface area (Å²) < 4.78 is 11.4. The van der Waals surface area contributed by atoms with E-state index >= 15 is 0 Å². The molecule has 1 amide bonds. The van der Waals surface area contributed by atoms with Crippen LogP contribution in [0.1, 0.15) is 23.8 Å². The first-order valence-electron chi connectivity index (χ1n) is 9.83. The summed E-state index contributed by atoms with van der Waals surface area (Å²) in [5, 5.41) is 0.668. The van der Waals surface area contributed by atoms with Crippen molar-refractivity contribution >= 4 is 23.2 Å². The maximum absolute atomic E-state index is 13.2. The van der Waals surface area contributed by atoms with Crippen LogP contribution in [0, 0.1) is 6.92 Å². The Morgan fingerprint density at radius 3 is 2.43 bits per heavy atom. The third-order valence-electron chi connectivity index (χ3n) is 4.85. The van der Waals surface area contributed by atoms with E-state index in [1.54, 1.807) is 30.2 Å². The molecular weight excluding hydrogens is 400 g/mol. The molecule has 1 atom stereocenters. The van der Waals surface area contributed by atoms with Gasteiger partial charge in [-0.05, 0) is 67.4 Å². The summed E-state index contributed by atoms with van der Waals surface area (Å²) in [6, 6.07) is 17.2. The lowest BCUT2D eigenvalue weighted by molar-refractivity contribution is -0.139. The quantitative estimate of drug-likeness (QED) is 0.490. The van der Waals surface area contributed by atoms with Gasteiger partial charge in [-0.2, -0.15) is 0 Å². The van der Waals surface area contributed by atoms with Crippen molar-refractivity contribution in [2.75, 3.05) is 19.0 Å². The Balaban J connectivity index is 1.76. The van der Waals surface area contributed by atoms with Crippen molar-refractivity contribution in [3.05, 3.63) is 82.8 Å². The highest BCUT2D eigenvalue weighted by molar-refractivity contribution is 6.31. The summed E-state index contributed by atoms with van der Waals surface area (Å²) in [5.74, 6) is 1.23. The van der Waals surface area contributed by atoms with Crippen LogP contribution in [0.5, 0.6) is 5.75 Å². The van der Waals surface area contributed by atoms with Gasteiger partial charge in [0.25, 0.3) is 5.91 Å². The van der Waals surface area contributed by atoms with E-state index in [1.165, 1.54) is 0 Å². The molecule has 0 fully saturated rings. The van der Waals surface area contributed by atoms with Crippen molar-refractivity contribution < 1.29 is 13.9 Å². The Kier molecular flexibility index (Phi) is 7.06. The molecule has 3 aromatic rings. The number of carbonyl (C=O) groups excluding carboxylic acids is 1. The van der Waals surface area contributed by atoms with E-state index in [0.717, 1.165) is 22.6 Å². The molecule has 0 saturated carbocycles. The van der Waals surface area contributed by atoms with Gasteiger partial charge in [-0.1, -0.05) is 23.7 Å². The average molecular weight is 427 g/mol. The van der Waals surface area contributed by atoms with Crippen LogP contribution in [0.25, 0.3) is 0 Å². The summed E-state index contributed by atoms with van der Waals surface area (Å²) in [6.07, 6.45) is 0.960. The Morgan fingerprint density at radius 1 is 1.10 bits per heavy atom. The number of furan rings is 1. The summed E-state index contributed by atoms with van der Waals surface area (Å²) in [4.78, 5) is 17.0. The molecule has 2 aromatic carbocycles. The van der Waals surface area contributed by atoms with Gasteiger partial charge in [0.15, 0.2) is 6.10 Å². The van der Waals surface area contributed by atoms with E-state index in [2.05, 4.69) is 0 Å². The Labute approximate surface area is 182 Å². The molecule has 1 aromatic heterocycles. The third-order valence-corrected chi connectivity index (χ3v) is 5.28. The zero-order chi connectivity index (χ0) is 21.7. The summed E-state index contributed by atoms with van der Waals surface area (Å²) in [6.45, 7) is 4.49. The molecule has 0 radical (unpaired) electrons. The zero-order valence-electron chi connectivity index (χ0n) is 17.8. The number of nitrogens with zero attached hydrogens (tertiary/aromatic N) is 2. The highest BCUT2D eigenvalue weighted by atomic mass is 35.5. The fourth-order valence-corrected chi connectivity index (χ4v) is 3.24. The molecule has 0 bridgehead atoms. The summed E-state index contributed by atoms with van der Waals surface area (Å²) >= 11 is 6.09. The van der Waals surface area contributed by atoms with E-state index in [1.807, 2.05) is 68.4 Å². The number of benzene rings is 2. The van der Waals surface area contributed by atoms with E-state index < -0.39 is 6.10 Å². The van der Waals surface area contributed by atoms with Crippen LogP contribution >= 0.6 is 11.6 Å². The average Bonchev–Trinajstić information content (AvgIpc) is 3.23. The third kappa shape index (κ3) is 5.57. The zero-order valence-corrected chi connectivity index (χ0v) is 18.5. The standard InChI is InChI=1S/C24H27ClN2O3/c1-17-14-21(11-12-23(17)25)30-18(2)24(28)27(16-22-6-5-13-29-22)15-19-7-9-20(10-8-19)26(3)4/h5-14,18H,15-16H2,1-4H3/t18-/m1/s1. The molecule has 0 saturated heterocycles. The number of aryl methyl sites for hydroxylation is 1. The highest BCUT2D eigenvalue weighted by Crippen LogP contribution is 2.23. The minimum Gasteiger partial charge on any atom is -0.481 e. The van der Waals surface area contributed by atoms with E-state index in [9.17, 15) is 4.79 Å². The van der Waals surface area contributed by atoms with Crippen LogP contribution in [-0.2, 0) is 17.9 Å². The molecule has 0 N–H and O–H groups in total. The second kappa shape index (κ2) is 9.72. The number of amides is 1. The summed E-state index contributed by atoms with van der Waals surface area (Å²) in [7, 11) is 4.00. The normalized spacial score (nSPS) is 11.8. The molecular formula is C24H27ClN2O3. The van der Waals surface area contributed by atoms with Gasteiger partial charge < -0.3 is 19.0 Å². The van der Waals surface area contributed by atoms with E-state index in [0.29, 0.717) is 23.9 Å². The van der Waals surface area contributed by atoms with Gasteiger partial charge in [-0.15, -0.1) is 0 Å². The molecule has 30 heavy (non-hydrogen) atoms. The molecule has 0 aliphatic carbocycles. The second-order valence-corrected chi connectivity index (χ2v) is 7.91. The smallest absolute Gasteiger partial charge is 0.264 e. The Hall–Kier alpha value is -2.92. The minimum absolute atomic E-state index is 0.115. The molecule has 3 rings (SSSR count). The van der Waals surface area contributed by atoms with E-state index in [4.69, 9.17) is 20.8 Å². The number of halogens is 1. The molecule has 5 nitrogen and oxygen atoms in total. The first-order valence-corrected chi connectivity index (χ1v) is 10.2. The Morgan fingerprint density at radius 2 is 1.83 bits per heavy atom. The van der Waals surface area contributed by atoms with Crippen LogP contribution < -0.4 is 9.64 Å². The van der Waals surface area contributed by atoms with Gasteiger partial charge in [0, 0.05) is 31.4 Å². The van der Waals surface area contributed by atoms with Crippen molar-refractivity contribution in [2.24, 2.45) is 0 Å². The van der Waals surface area contributed by atoms with Gasteiger partial charge in [0.1, 0.15) is 11.5 Å². The van der Waals surface area contributed by atoms with Crippen molar-refractivity contribution in [1.29, 1.82) is 0 Å². The SMILES string of the molecule is Cc1cc(O[C@H](C)C(=O)N(Cc2ccc(N(C)C)cc2)Cc2ccco2)ccc1Cl. The van der Waals surface area contributed by atoms with Gasteiger partial charge >= 0.3 is 0 Å². The fraction of sp³-hybridized carbons (Fsp3) is 0.292. The van der Waals surface area contributed by atoms with Gasteiger partial charge in [-0.25, -0.2) is 0 Å². The number of hydrogen-bond donors (Lipinski definition) is 0. The molecule has 0 unspecified atom stereocenters. The maximum Gasteiger partial charge on any atom is 0.264 e. The topological polar surface area (TPSA) is 45.9 Å². The minimum atomic E-state index is -0.651. The summed E-state index contributed by atoms with van der Waals surface area (Å²) in [5.41, 5.74) is 3.05. The highest BCUT2D eigenvalue weighted by Gasteiger charge is 2.23. The molecule has 6 heteroatoms. The number of rotatable bonds is 8. The number of ether oxygens (including phenoxy) is 1. The van der Waals surface area contributed by atoms with Gasteiger partial charge in [-0.3, -0.25) is 4.79 Å². The maximum atomic E-state index is 13.2. The predicted octanol–water partition coefficient (Wildman–Crippen LogP) is 5.30. The second-order valence-electron chi connectivity index (χ2n) is 7.51. The predicted molar refractivity (Wildman–Crippen MR) is 120 cm³/mol. The monoisotopic (exact) mass is 426 g/mol. The first kappa shape index (κ1) is 21.8.